The summed E-state index contributed by atoms with van der Waals surface area (Å²) < 4.78 is 6.01. The minimum Gasteiger partial charge on any atom is -0.493 e. The second kappa shape index (κ2) is 18.1. The number of aliphatic carboxylic acids is 1. The molecule has 0 spiro atoms. The average Bonchev–Trinajstić information content (AvgIpc) is 3.10. The molecule has 0 bridgehead atoms. The zero-order chi connectivity index (χ0) is 36.1. The molecule has 0 aliphatic carbocycles. The van der Waals surface area contributed by atoms with E-state index in [4.69, 9.17) is 9.84 Å². The lowest BCUT2D eigenvalue weighted by Gasteiger charge is -2.20. The number of amides is 2. The van der Waals surface area contributed by atoms with Crippen LogP contribution in [-0.4, -0.2) is 52.1 Å². The van der Waals surface area contributed by atoms with Crippen molar-refractivity contribution in [2.45, 2.75) is 91.0 Å². The van der Waals surface area contributed by atoms with Gasteiger partial charge in [-0.05, 0) is 65.3 Å². The first-order valence-electron chi connectivity index (χ1n) is 17.5. The molecule has 264 valence electrons. The van der Waals surface area contributed by atoms with E-state index >= 15 is 0 Å². The van der Waals surface area contributed by atoms with Crippen molar-refractivity contribution in [3.8, 4) is 28.3 Å². The highest BCUT2D eigenvalue weighted by molar-refractivity contribution is 5.97. The third-order valence-corrected chi connectivity index (χ3v) is 8.59. The summed E-state index contributed by atoms with van der Waals surface area (Å²) in [4.78, 5) is 46.5. The van der Waals surface area contributed by atoms with E-state index in [2.05, 4.69) is 54.4 Å². The Kier molecular flexibility index (Phi) is 13.7. The number of carboxylic acid groups (broad SMARTS) is 1. The highest BCUT2D eigenvalue weighted by atomic mass is 16.5. The van der Waals surface area contributed by atoms with Crippen LogP contribution in [0.2, 0.25) is 0 Å². The van der Waals surface area contributed by atoms with Crippen LogP contribution in [0.5, 0.6) is 5.75 Å². The molecule has 0 saturated heterocycles. The van der Waals surface area contributed by atoms with Crippen molar-refractivity contribution in [1.29, 1.82) is 0 Å². The lowest BCUT2D eigenvalue weighted by Crippen LogP contribution is -2.48. The fraction of sp³-hybridized carbons (Fsp3) is 0.390. The number of unbranched alkanes of at least 4 members (excludes halogenated alkanes) is 4. The predicted octanol–water partition coefficient (Wildman–Crippen LogP) is 7.70. The number of ether oxygens (including phenoxy) is 1. The highest BCUT2D eigenvalue weighted by Gasteiger charge is 2.23. The average molecular weight is 679 g/mol. The summed E-state index contributed by atoms with van der Waals surface area (Å²) in [6.07, 6.45) is 9.62. The fourth-order valence-corrected chi connectivity index (χ4v) is 5.52. The molecule has 0 aliphatic heterocycles. The molecule has 2 amide bonds. The van der Waals surface area contributed by atoms with Gasteiger partial charge in [-0.1, -0.05) is 95.8 Å². The monoisotopic (exact) mass is 678 g/mol. The van der Waals surface area contributed by atoms with Gasteiger partial charge in [0, 0.05) is 42.0 Å². The van der Waals surface area contributed by atoms with Gasteiger partial charge in [0.05, 0.1) is 13.0 Å². The van der Waals surface area contributed by atoms with Crippen molar-refractivity contribution in [2.75, 3.05) is 13.2 Å². The topological polar surface area (TPSA) is 131 Å². The molecule has 1 atom stereocenters. The lowest BCUT2D eigenvalue weighted by molar-refractivity contribution is -0.137. The van der Waals surface area contributed by atoms with E-state index in [0.717, 1.165) is 52.2 Å². The van der Waals surface area contributed by atoms with Crippen LogP contribution < -0.4 is 15.4 Å². The molecule has 50 heavy (non-hydrogen) atoms. The number of carboxylic acids is 1. The molecule has 0 fully saturated rings. The molecular weight excluding hydrogens is 628 g/mol. The van der Waals surface area contributed by atoms with Crippen molar-refractivity contribution in [2.24, 2.45) is 0 Å². The van der Waals surface area contributed by atoms with Crippen LogP contribution in [0.1, 0.15) is 93.3 Å². The Morgan fingerprint density at radius 1 is 0.840 bits per heavy atom. The summed E-state index contributed by atoms with van der Waals surface area (Å²) in [5.41, 5.74) is 6.07. The number of nitrogens with zero attached hydrogens (tertiary/aromatic N) is 2. The molecule has 3 N–H and O–H groups in total. The van der Waals surface area contributed by atoms with Crippen LogP contribution in [0.3, 0.4) is 0 Å². The Morgan fingerprint density at radius 2 is 1.50 bits per heavy atom. The maximum Gasteiger partial charge on any atom is 0.305 e. The Bertz CT molecular complexity index is 1710. The number of hydrogen-bond donors (Lipinski definition) is 3. The normalized spacial score (nSPS) is 11.9. The van der Waals surface area contributed by atoms with Crippen molar-refractivity contribution < 1.29 is 24.2 Å². The SMILES string of the molecule is CCCCCCCOc1ccc(-c2cnc(-c3ccc(C[C@H](NC(=O)c4ccc(C(C)(C)C)cc4)C(=O)NCCC(=O)O)cc3)nc2)cc1C. The molecular formula is C41H50N4O5. The molecule has 9 heteroatoms. The second-order valence-electron chi connectivity index (χ2n) is 13.7. The quantitative estimate of drug-likeness (QED) is 0.0976. The Hall–Kier alpha value is -5.05. The highest BCUT2D eigenvalue weighted by Crippen LogP contribution is 2.27. The van der Waals surface area contributed by atoms with E-state index in [0.29, 0.717) is 11.4 Å². The van der Waals surface area contributed by atoms with Crippen molar-refractivity contribution in [3.05, 3.63) is 101 Å². The molecule has 0 aliphatic rings. The molecule has 0 saturated carbocycles. The van der Waals surface area contributed by atoms with Crippen LogP contribution in [0.25, 0.3) is 22.5 Å². The second-order valence-corrected chi connectivity index (χ2v) is 13.7. The standard InChI is InChI=1S/C41H50N4O5/c1-6-7-8-9-10-23-50-36-20-17-32(24-28(36)2)33-26-43-38(44-27-33)30-13-11-29(12-14-30)25-35(40(49)42-22-21-37(46)47)45-39(48)31-15-18-34(19-16-31)41(3,4)5/h11-20,24,26-27,35H,6-10,21-23,25H2,1-5H3,(H,42,49)(H,45,48)(H,46,47)/t35-/m0/s1. The number of aromatic nitrogens is 2. The van der Waals surface area contributed by atoms with Crippen LogP contribution in [0.15, 0.2) is 79.1 Å². The summed E-state index contributed by atoms with van der Waals surface area (Å²) in [6, 6.07) is 20.1. The third kappa shape index (κ3) is 11.3. The molecule has 0 unspecified atom stereocenters. The smallest absolute Gasteiger partial charge is 0.305 e. The number of rotatable bonds is 17. The number of carbonyl (C=O) groups excluding carboxylic acids is 2. The summed E-state index contributed by atoms with van der Waals surface area (Å²) in [5, 5.41) is 14.5. The lowest BCUT2D eigenvalue weighted by atomic mass is 9.86. The van der Waals surface area contributed by atoms with Gasteiger partial charge < -0.3 is 20.5 Å². The Balaban J connectivity index is 1.40. The number of hydrogen-bond acceptors (Lipinski definition) is 6. The van der Waals surface area contributed by atoms with Gasteiger partial charge in [-0.2, -0.15) is 0 Å². The molecule has 4 aromatic rings. The summed E-state index contributed by atoms with van der Waals surface area (Å²) in [7, 11) is 0. The Morgan fingerprint density at radius 3 is 2.12 bits per heavy atom. The first-order chi connectivity index (χ1) is 23.9. The fourth-order valence-electron chi connectivity index (χ4n) is 5.52. The van der Waals surface area contributed by atoms with Gasteiger partial charge in [-0.3, -0.25) is 14.4 Å². The predicted molar refractivity (Wildman–Crippen MR) is 197 cm³/mol. The Labute approximate surface area is 295 Å². The molecule has 0 radical (unpaired) electrons. The molecule has 3 aromatic carbocycles. The van der Waals surface area contributed by atoms with Crippen LogP contribution in [0, 0.1) is 6.92 Å². The van der Waals surface area contributed by atoms with Gasteiger partial charge in [0.15, 0.2) is 5.82 Å². The maximum atomic E-state index is 13.2. The molecule has 9 nitrogen and oxygen atoms in total. The summed E-state index contributed by atoms with van der Waals surface area (Å²) in [6.45, 7) is 11.2. The van der Waals surface area contributed by atoms with Crippen LogP contribution in [-0.2, 0) is 21.4 Å². The molecule has 4 rings (SSSR count). The van der Waals surface area contributed by atoms with Crippen LogP contribution in [0.4, 0.5) is 0 Å². The largest absolute Gasteiger partial charge is 0.493 e. The van der Waals surface area contributed by atoms with E-state index in [1.807, 2.05) is 55.5 Å². The first kappa shape index (κ1) is 37.8. The van der Waals surface area contributed by atoms with Gasteiger partial charge in [-0.25, -0.2) is 9.97 Å². The van der Waals surface area contributed by atoms with Crippen LogP contribution >= 0.6 is 0 Å². The minimum absolute atomic E-state index is 0.0379. The zero-order valence-corrected chi connectivity index (χ0v) is 29.9. The number of aryl methyl sites for hydroxylation is 1. The van der Waals surface area contributed by atoms with Gasteiger partial charge >= 0.3 is 5.97 Å². The van der Waals surface area contributed by atoms with Crippen molar-refractivity contribution in [3.63, 3.8) is 0 Å². The van der Waals surface area contributed by atoms with Crippen molar-refractivity contribution in [1.82, 2.24) is 20.6 Å². The third-order valence-electron chi connectivity index (χ3n) is 8.59. The number of benzene rings is 3. The van der Waals surface area contributed by atoms with Gasteiger partial charge in [0.1, 0.15) is 11.8 Å². The van der Waals surface area contributed by atoms with Gasteiger partial charge in [0.2, 0.25) is 5.91 Å². The maximum absolute atomic E-state index is 13.2. The number of carbonyl (C=O) groups is 3. The van der Waals surface area contributed by atoms with E-state index in [9.17, 15) is 14.4 Å². The van der Waals surface area contributed by atoms with E-state index in [1.165, 1.54) is 25.7 Å². The molecule has 1 aromatic heterocycles. The van der Waals surface area contributed by atoms with Gasteiger partial charge in [-0.15, -0.1) is 0 Å². The van der Waals surface area contributed by atoms with E-state index in [1.54, 1.807) is 24.5 Å². The zero-order valence-electron chi connectivity index (χ0n) is 29.9. The molecule has 1 heterocycles. The van der Waals surface area contributed by atoms with Crippen molar-refractivity contribution >= 4 is 17.8 Å². The van der Waals surface area contributed by atoms with E-state index < -0.39 is 17.9 Å². The van der Waals surface area contributed by atoms with E-state index in [-0.39, 0.29) is 30.7 Å². The summed E-state index contributed by atoms with van der Waals surface area (Å²) >= 11 is 0. The minimum atomic E-state index is -1.02. The van der Waals surface area contributed by atoms with Gasteiger partial charge in [0.25, 0.3) is 5.91 Å². The first-order valence-corrected chi connectivity index (χ1v) is 17.5. The summed E-state index contributed by atoms with van der Waals surface area (Å²) in [5.74, 6) is -0.390. The number of nitrogens with one attached hydrogen (secondary N) is 2.